The molecule has 5 rings (SSSR count). The zero-order valence-corrected chi connectivity index (χ0v) is 28.2. The molecule has 2 aromatic carbocycles. The number of imidazole rings is 1. The van der Waals surface area contributed by atoms with Gasteiger partial charge in [0.1, 0.15) is 0 Å². The number of nitrogens with zero attached hydrogens (tertiary/aromatic N) is 6. The van der Waals surface area contributed by atoms with Crippen LogP contribution in [0.1, 0.15) is 26.7 Å². The lowest BCUT2D eigenvalue weighted by molar-refractivity contribution is -0.129. The summed E-state index contributed by atoms with van der Waals surface area (Å²) < 4.78 is 39.2. The summed E-state index contributed by atoms with van der Waals surface area (Å²) in [6.45, 7) is 4.29. The SMILES string of the molecule is COCCn1cc(-c2ccc(-c3cnc(C(=O)Nc4ccc(C(=O)N5CCN(C(=O)CI)CC5)c(Cl)c4)n3C)c(F)c2F)c(C)n1. The van der Waals surface area contributed by atoms with E-state index in [4.69, 9.17) is 16.3 Å². The molecule has 0 unspecified atom stereocenters. The van der Waals surface area contributed by atoms with Crippen LogP contribution in [0.5, 0.6) is 0 Å². The minimum atomic E-state index is -1.08. The van der Waals surface area contributed by atoms with Gasteiger partial charge in [-0.05, 0) is 31.2 Å². The third-order valence-corrected chi connectivity index (χ3v) is 8.77. The van der Waals surface area contributed by atoms with Gasteiger partial charge in [0.05, 0.1) is 45.7 Å². The van der Waals surface area contributed by atoms with Crippen LogP contribution in [0.15, 0.2) is 42.7 Å². The normalized spacial score (nSPS) is 13.3. The van der Waals surface area contributed by atoms with Gasteiger partial charge < -0.3 is 24.4 Å². The van der Waals surface area contributed by atoms with Gasteiger partial charge in [0, 0.05) is 68.9 Å². The Labute approximate surface area is 282 Å². The molecule has 0 saturated carbocycles. The van der Waals surface area contributed by atoms with E-state index in [2.05, 4.69) is 15.4 Å². The topological polar surface area (TPSA) is 115 Å². The molecule has 3 amide bonds. The fourth-order valence-corrected chi connectivity index (χ4v) is 6.02. The summed E-state index contributed by atoms with van der Waals surface area (Å²) in [6.07, 6.45) is 2.94. The van der Waals surface area contributed by atoms with E-state index in [0.29, 0.717) is 60.7 Å². The molecule has 1 N–H and O–H groups in total. The van der Waals surface area contributed by atoms with E-state index in [0.717, 1.165) is 0 Å². The number of anilines is 1. The van der Waals surface area contributed by atoms with E-state index in [1.807, 2.05) is 22.6 Å². The third kappa shape index (κ3) is 6.78. The minimum absolute atomic E-state index is 0.0365. The minimum Gasteiger partial charge on any atom is -0.383 e. The van der Waals surface area contributed by atoms with Crippen LogP contribution >= 0.6 is 34.2 Å². The Morgan fingerprint density at radius 3 is 2.37 bits per heavy atom. The van der Waals surface area contributed by atoms with Gasteiger partial charge in [-0.25, -0.2) is 13.8 Å². The number of hydrogen-bond donors (Lipinski definition) is 1. The largest absolute Gasteiger partial charge is 0.383 e. The molecule has 0 bridgehead atoms. The van der Waals surface area contributed by atoms with Crippen molar-refractivity contribution in [3.8, 4) is 22.4 Å². The Hall–Kier alpha value is -3.89. The van der Waals surface area contributed by atoms with Crippen LogP contribution in [-0.4, -0.2) is 91.2 Å². The zero-order valence-electron chi connectivity index (χ0n) is 25.3. The number of carbonyl (C=O) groups is 3. The maximum Gasteiger partial charge on any atom is 0.291 e. The number of aryl methyl sites for hydroxylation is 1. The van der Waals surface area contributed by atoms with Crippen molar-refractivity contribution < 1.29 is 27.9 Å². The molecule has 15 heteroatoms. The predicted octanol–water partition coefficient (Wildman–Crippen LogP) is 4.81. The molecule has 242 valence electrons. The summed E-state index contributed by atoms with van der Waals surface area (Å²) in [5, 5.41) is 7.18. The molecule has 0 spiro atoms. The summed E-state index contributed by atoms with van der Waals surface area (Å²) in [5.41, 5.74) is 1.78. The van der Waals surface area contributed by atoms with E-state index < -0.39 is 17.5 Å². The van der Waals surface area contributed by atoms with Crippen LogP contribution in [0.3, 0.4) is 0 Å². The number of alkyl halides is 1. The number of amides is 3. The molecule has 1 aliphatic rings. The van der Waals surface area contributed by atoms with Crippen molar-refractivity contribution in [2.24, 2.45) is 7.05 Å². The van der Waals surface area contributed by atoms with Crippen LogP contribution in [-0.2, 0) is 23.1 Å². The first-order valence-corrected chi connectivity index (χ1v) is 16.2. The van der Waals surface area contributed by atoms with Gasteiger partial charge in [0.2, 0.25) is 5.91 Å². The van der Waals surface area contributed by atoms with Crippen molar-refractivity contribution in [2.75, 3.05) is 49.6 Å². The second kappa shape index (κ2) is 14.3. The number of methoxy groups -OCH3 is 1. The highest BCUT2D eigenvalue weighted by molar-refractivity contribution is 14.1. The molecule has 2 aromatic heterocycles. The lowest BCUT2D eigenvalue weighted by Crippen LogP contribution is -2.51. The molecule has 0 radical (unpaired) electrons. The Kier molecular flexibility index (Phi) is 10.4. The van der Waals surface area contributed by atoms with Gasteiger partial charge in [-0.15, -0.1) is 0 Å². The quantitative estimate of drug-likeness (QED) is 0.194. The van der Waals surface area contributed by atoms with Crippen LogP contribution in [0.2, 0.25) is 5.02 Å². The van der Waals surface area contributed by atoms with Gasteiger partial charge in [0.25, 0.3) is 11.8 Å². The van der Waals surface area contributed by atoms with Crippen molar-refractivity contribution in [1.82, 2.24) is 29.1 Å². The molecule has 46 heavy (non-hydrogen) atoms. The fourth-order valence-electron chi connectivity index (χ4n) is 5.27. The van der Waals surface area contributed by atoms with Crippen molar-refractivity contribution in [2.45, 2.75) is 13.5 Å². The molecule has 0 aliphatic carbocycles. The van der Waals surface area contributed by atoms with Crippen LogP contribution in [0.4, 0.5) is 14.5 Å². The Balaban J connectivity index is 1.29. The molecular formula is C31H31ClF2IN7O4. The standard InChI is InChI=1S/C31H31ClF2IN7O4/c1-18-23(17-42(38-18)12-13-46-3)20-6-7-22(28(34)27(20)33)25-16-36-29(39(25)2)30(44)37-19-4-5-21(24(32)14-19)31(45)41-10-8-40(9-11-41)26(43)15-35/h4-7,14,16-17H,8-13,15H2,1-3H3,(H,37,44). The Morgan fingerprint density at radius 2 is 1.70 bits per heavy atom. The highest BCUT2D eigenvalue weighted by Gasteiger charge is 2.26. The summed E-state index contributed by atoms with van der Waals surface area (Å²) in [7, 11) is 3.09. The number of aromatic nitrogens is 4. The van der Waals surface area contributed by atoms with E-state index in [1.165, 1.54) is 42.1 Å². The van der Waals surface area contributed by atoms with Crippen molar-refractivity contribution in [3.63, 3.8) is 0 Å². The molecular weight excluding hydrogens is 735 g/mol. The summed E-state index contributed by atoms with van der Waals surface area (Å²) in [5.74, 6) is -3.02. The van der Waals surface area contributed by atoms with Crippen LogP contribution < -0.4 is 5.32 Å². The van der Waals surface area contributed by atoms with Gasteiger partial charge in [-0.1, -0.05) is 40.3 Å². The zero-order chi connectivity index (χ0) is 33.1. The smallest absolute Gasteiger partial charge is 0.291 e. The number of nitrogens with one attached hydrogen (secondary N) is 1. The molecule has 3 heterocycles. The summed E-state index contributed by atoms with van der Waals surface area (Å²) >= 11 is 8.46. The number of piperazine rings is 1. The molecule has 0 atom stereocenters. The fraction of sp³-hybridized carbons (Fsp3) is 0.323. The number of halogens is 4. The Morgan fingerprint density at radius 1 is 1.02 bits per heavy atom. The van der Waals surface area contributed by atoms with Crippen LogP contribution in [0.25, 0.3) is 22.4 Å². The molecule has 11 nitrogen and oxygen atoms in total. The van der Waals surface area contributed by atoms with Crippen molar-refractivity contribution in [1.29, 1.82) is 0 Å². The number of ether oxygens (including phenoxy) is 1. The van der Waals surface area contributed by atoms with E-state index in [9.17, 15) is 14.4 Å². The number of hydrogen-bond acceptors (Lipinski definition) is 6. The van der Waals surface area contributed by atoms with Gasteiger partial charge in [0.15, 0.2) is 17.5 Å². The van der Waals surface area contributed by atoms with Crippen molar-refractivity contribution in [3.05, 3.63) is 76.5 Å². The van der Waals surface area contributed by atoms with E-state index >= 15 is 8.78 Å². The number of carbonyl (C=O) groups excluding carboxylic acids is 3. The maximum absolute atomic E-state index is 15.4. The first kappa shape index (κ1) is 33.5. The molecule has 1 saturated heterocycles. The van der Waals surface area contributed by atoms with Crippen LogP contribution in [0, 0.1) is 18.6 Å². The lowest BCUT2D eigenvalue weighted by atomic mass is 10.0. The average Bonchev–Trinajstić information content (AvgIpc) is 3.62. The molecule has 4 aromatic rings. The second-order valence-corrected chi connectivity index (χ2v) is 11.8. The highest BCUT2D eigenvalue weighted by atomic mass is 127. The van der Waals surface area contributed by atoms with Gasteiger partial charge in [-0.3, -0.25) is 19.1 Å². The predicted molar refractivity (Wildman–Crippen MR) is 177 cm³/mol. The lowest BCUT2D eigenvalue weighted by Gasteiger charge is -2.34. The number of rotatable bonds is 9. The van der Waals surface area contributed by atoms with Crippen molar-refractivity contribution >= 4 is 57.6 Å². The second-order valence-electron chi connectivity index (χ2n) is 10.7. The molecule has 1 fully saturated rings. The van der Waals surface area contributed by atoms with Gasteiger partial charge in [-0.2, -0.15) is 5.10 Å². The average molecular weight is 766 g/mol. The summed E-state index contributed by atoms with van der Waals surface area (Å²) in [6, 6.07) is 7.44. The van der Waals surface area contributed by atoms with E-state index in [1.54, 1.807) is 40.8 Å². The maximum atomic E-state index is 15.4. The molecule has 1 aliphatic heterocycles. The number of benzene rings is 2. The monoisotopic (exact) mass is 765 g/mol. The van der Waals surface area contributed by atoms with Gasteiger partial charge >= 0.3 is 0 Å². The third-order valence-electron chi connectivity index (χ3n) is 7.80. The Bertz CT molecular complexity index is 1800. The summed E-state index contributed by atoms with van der Waals surface area (Å²) in [4.78, 5) is 45.7. The first-order chi connectivity index (χ1) is 22.0. The van der Waals surface area contributed by atoms with E-state index in [-0.39, 0.29) is 45.0 Å². The first-order valence-electron chi connectivity index (χ1n) is 14.3. The highest BCUT2D eigenvalue weighted by Crippen LogP contribution is 2.33.